The number of hydrogen-bond donors (Lipinski definition) is 2. The predicted octanol–water partition coefficient (Wildman–Crippen LogP) is 6.16. The smallest absolute Gasteiger partial charge is 0.227 e. The average Bonchev–Trinajstić information content (AvgIpc) is 3.62. The summed E-state index contributed by atoms with van der Waals surface area (Å²) in [5, 5.41) is 1.10. The summed E-state index contributed by atoms with van der Waals surface area (Å²) in [7, 11) is -1.26. The van der Waals surface area contributed by atoms with Gasteiger partial charge in [-0.3, -0.25) is 0 Å². The number of oxazole rings is 1. The number of ether oxygens (including phenoxy) is 2. The van der Waals surface area contributed by atoms with Crippen molar-refractivity contribution in [2.24, 2.45) is 0 Å². The van der Waals surface area contributed by atoms with Gasteiger partial charge in [0.1, 0.15) is 22.6 Å². The maximum atomic E-state index is 13.3. The fourth-order valence-electron chi connectivity index (χ4n) is 5.94. The van der Waals surface area contributed by atoms with Gasteiger partial charge in [0.2, 0.25) is 5.89 Å². The van der Waals surface area contributed by atoms with Gasteiger partial charge in [0.25, 0.3) is 0 Å². The second kappa shape index (κ2) is 11.9. The Balaban J connectivity index is 1.15. The van der Waals surface area contributed by atoms with Crippen LogP contribution in [0.25, 0.3) is 11.5 Å². The van der Waals surface area contributed by atoms with Crippen molar-refractivity contribution in [1.82, 2.24) is 19.7 Å². The first-order valence-corrected chi connectivity index (χ1v) is 17.3. The van der Waals surface area contributed by atoms with Crippen LogP contribution in [-0.2, 0) is 15.7 Å². The molecule has 13 heteroatoms. The summed E-state index contributed by atoms with van der Waals surface area (Å²) in [4.78, 5) is 17.3. The van der Waals surface area contributed by atoms with Gasteiger partial charge in [-0.2, -0.15) is 0 Å². The van der Waals surface area contributed by atoms with Crippen LogP contribution in [0.5, 0.6) is 5.75 Å². The van der Waals surface area contributed by atoms with Crippen molar-refractivity contribution in [3.05, 3.63) is 71.2 Å². The number of piperidine rings is 1. The van der Waals surface area contributed by atoms with Crippen molar-refractivity contribution in [3.8, 4) is 17.2 Å². The van der Waals surface area contributed by atoms with Crippen LogP contribution in [0.3, 0.4) is 0 Å². The normalized spacial score (nSPS) is 20.1. The molecule has 3 aliphatic heterocycles. The quantitative estimate of drug-likeness (QED) is 0.237. The SMILES string of the molecule is CC(C)(C)[S@@](=O)N[C@@H]1c2ccccc2OC12CCN(c1nc(N)c(Sc3cccc(-c4ncco4)c3Cl)nc1C1COC1)CC2. The highest BCUT2D eigenvalue weighted by atomic mass is 35.5. The lowest BCUT2D eigenvalue weighted by Gasteiger charge is -2.43. The van der Waals surface area contributed by atoms with Gasteiger partial charge in [-0.05, 0) is 39.0 Å². The van der Waals surface area contributed by atoms with Crippen LogP contribution in [0.15, 0.2) is 69.3 Å². The van der Waals surface area contributed by atoms with Crippen LogP contribution in [-0.4, -0.2) is 55.8 Å². The van der Waals surface area contributed by atoms with Gasteiger partial charge in [-0.25, -0.2) is 23.9 Å². The van der Waals surface area contributed by atoms with Gasteiger partial charge < -0.3 is 24.5 Å². The molecule has 3 aliphatic rings. The van der Waals surface area contributed by atoms with Crippen molar-refractivity contribution in [2.45, 2.75) is 65.8 Å². The minimum atomic E-state index is -1.26. The van der Waals surface area contributed by atoms with Crippen LogP contribution in [0.2, 0.25) is 5.02 Å². The number of halogens is 1. The molecule has 236 valence electrons. The number of nitrogens with zero attached hydrogens (tertiary/aromatic N) is 4. The maximum Gasteiger partial charge on any atom is 0.227 e. The largest absolute Gasteiger partial charge is 0.485 e. The molecule has 4 aromatic rings. The Kier molecular flexibility index (Phi) is 8.06. The number of hydrogen-bond acceptors (Lipinski definition) is 10. The lowest BCUT2D eigenvalue weighted by molar-refractivity contribution is 0.00629. The van der Waals surface area contributed by atoms with E-state index in [0.717, 1.165) is 27.7 Å². The van der Waals surface area contributed by atoms with E-state index in [0.29, 0.717) is 66.5 Å². The zero-order valence-electron chi connectivity index (χ0n) is 25.3. The van der Waals surface area contributed by atoms with E-state index in [4.69, 9.17) is 41.2 Å². The summed E-state index contributed by atoms with van der Waals surface area (Å²) < 4.78 is 34.0. The molecule has 2 fully saturated rings. The highest BCUT2D eigenvalue weighted by Gasteiger charge is 2.51. The minimum Gasteiger partial charge on any atom is -0.485 e. The molecule has 2 atom stereocenters. The first-order valence-electron chi connectivity index (χ1n) is 15.0. The minimum absolute atomic E-state index is 0.119. The second-order valence-electron chi connectivity index (χ2n) is 12.5. The molecule has 10 nitrogen and oxygen atoms in total. The number of benzene rings is 2. The molecule has 0 radical (unpaired) electrons. The zero-order valence-corrected chi connectivity index (χ0v) is 27.7. The molecule has 0 amide bonds. The predicted molar refractivity (Wildman–Crippen MR) is 176 cm³/mol. The maximum absolute atomic E-state index is 13.3. The first kappa shape index (κ1) is 30.5. The first-order chi connectivity index (χ1) is 21.6. The summed E-state index contributed by atoms with van der Waals surface area (Å²) >= 11 is 8.16. The lowest BCUT2D eigenvalue weighted by Crippen LogP contribution is -2.54. The van der Waals surface area contributed by atoms with Crippen molar-refractivity contribution in [2.75, 3.05) is 36.9 Å². The van der Waals surface area contributed by atoms with E-state index in [-0.39, 0.29) is 12.0 Å². The summed E-state index contributed by atoms with van der Waals surface area (Å²) in [6, 6.07) is 13.5. The van der Waals surface area contributed by atoms with Crippen molar-refractivity contribution in [1.29, 1.82) is 0 Å². The summed E-state index contributed by atoms with van der Waals surface area (Å²) in [6.07, 6.45) is 4.53. The fourth-order valence-corrected chi connectivity index (χ4v) is 8.02. The third-order valence-electron chi connectivity index (χ3n) is 8.51. The van der Waals surface area contributed by atoms with Gasteiger partial charge in [0, 0.05) is 36.4 Å². The zero-order chi connectivity index (χ0) is 31.3. The molecule has 7 rings (SSSR count). The Bertz CT molecular complexity index is 1740. The molecule has 45 heavy (non-hydrogen) atoms. The van der Waals surface area contributed by atoms with Gasteiger partial charge >= 0.3 is 0 Å². The van der Waals surface area contributed by atoms with Crippen molar-refractivity contribution >= 4 is 46.0 Å². The van der Waals surface area contributed by atoms with E-state index in [1.807, 2.05) is 57.2 Å². The van der Waals surface area contributed by atoms with Gasteiger partial charge in [0.15, 0.2) is 11.6 Å². The molecule has 0 bridgehead atoms. The second-order valence-corrected chi connectivity index (χ2v) is 15.9. The van der Waals surface area contributed by atoms with E-state index in [9.17, 15) is 4.21 Å². The molecule has 1 spiro atoms. The number of aromatic nitrogens is 3. The Labute approximate surface area is 274 Å². The topological polar surface area (TPSA) is 129 Å². The Morgan fingerprint density at radius 2 is 1.89 bits per heavy atom. The highest BCUT2D eigenvalue weighted by molar-refractivity contribution is 7.99. The number of fused-ring (bicyclic) bond motifs is 1. The van der Waals surface area contributed by atoms with Crippen LogP contribution in [0.1, 0.15) is 56.8 Å². The van der Waals surface area contributed by atoms with E-state index in [2.05, 4.69) is 20.7 Å². The molecule has 0 saturated carbocycles. The molecule has 2 aromatic carbocycles. The van der Waals surface area contributed by atoms with Crippen LogP contribution in [0, 0.1) is 0 Å². The third kappa shape index (κ3) is 5.71. The molecular weight excluding hydrogens is 632 g/mol. The Hall–Kier alpha value is -3.16. The van der Waals surface area contributed by atoms with E-state index >= 15 is 0 Å². The van der Waals surface area contributed by atoms with Crippen molar-refractivity contribution < 1.29 is 18.1 Å². The van der Waals surface area contributed by atoms with Crippen LogP contribution < -0.4 is 20.1 Å². The molecule has 2 aromatic heterocycles. The number of para-hydroxylation sites is 1. The standard InChI is InChI=1S/C32H35ClN6O4S2/c1-31(2,3)45(40)38-26-20-7-4-5-9-22(20)43-32(26)11-14-39(15-12-32)28-25(19-17-41-18-19)36-30(27(34)37-28)44-23-10-6-8-21(24(23)33)29-35-13-16-42-29/h4-10,13,16,19,26,38H,11-12,14-15,17-18H2,1-3H3,(H2,34,37)/t26-,45-/m1/s1. The molecule has 0 unspecified atom stereocenters. The molecular formula is C32H35ClN6O4S2. The van der Waals surface area contributed by atoms with E-state index in [1.54, 1.807) is 6.20 Å². The number of nitrogens with one attached hydrogen (secondary N) is 1. The lowest BCUT2D eigenvalue weighted by atomic mass is 9.83. The molecule has 0 aliphatic carbocycles. The summed E-state index contributed by atoms with van der Waals surface area (Å²) in [6.45, 7) is 8.45. The van der Waals surface area contributed by atoms with Gasteiger partial charge in [0.05, 0.1) is 63.4 Å². The highest BCUT2D eigenvalue weighted by Crippen LogP contribution is 2.50. The monoisotopic (exact) mass is 666 g/mol. The Morgan fingerprint density at radius 1 is 1.11 bits per heavy atom. The fraction of sp³-hybridized carbons (Fsp3) is 0.406. The van der Waals surface area contributed by atoms with Crippen LogP contribution in [0.4, 0.5) is 11.6 Å². The number of anilines is 2. The summed E-state index contributed by atoms with van der Waals surface area (Å²) in [5.74, 6) is 2.52. The average molecular weight is 667 g/mol. The number of nitrogens with two attached hydrogens (primary N) is 1. The molecule has 2 saturated heterocycles. The molecule has 5 heterocycles. The Morgan fingerprint density at radius 3 is 2.58 bits per heavy atom. The summed E-state index contributed by atoms with van der Waals surface area (Å²) in [5.41, 5.74) is 8.67. The van der Waals surface area contributed by atoms with Crippen LogP contribution >= 0.6 is 23.4 Å². The number of rotatable bonds is 7. The number of nitrogen functional groups attached to an aromatic ring is 1. The van der Waals surface area contributed by atoms with Gasteiger partial charge in [-0.1, -0.05) is 47.6 Å². The third-order valence-corrected chi connectivity index (χ3v) is 11.6. The van der Waals surface area contributed by atoms with Crippen molar-refractivity contribution in [3.63, 3.8) is 0 Å². The van der Waals surface area contributed by atoms with E-state index in [1.165, 1.54) is 18.0 Å². The van der Waals surface area contributed by atoms with Gasteiger partial charge in [-0.15, -0.1) is 0 Å². The van der Waals surface area contributed by atoms with E-state index < -0.39 is 21.3 Å². The molecule has 3 N–H and O–H groups in total.